The number of amides is 1. The van der Waals surface area contributed by atoms with Gasteiger partial charge in [-0.25, -0.2) is 0 Å². The summed E-state index contributed by atoms with van der Waals surface area (Å²) in [6, 6.07) is 6.11. The minimum Gasteiger partial charge on any atom is -0.494 e. The predicted molar refractivity (Wildman–Crippen MR) is 95.9 cm³/mol. The molecule has 0 fully saturated rings. The van der Waals surface area contributed by atoms with E-state index in [-0.39, 0.29) is 12.0 Å². The molecule has 0 saturated carbocycles. The fraction of sp³-hybridized carbons (Fsp3) is 0.421. The number of carbonyl (C=O) groups is 1. The van der Waals surface area contributed by atoms with Crippen molar-refractivity contribution in [1.82, 2.24) is 5.32 Å². The highest BCUT2D eigenvalue weighted by atomic mass is 32.1. The molecule has 1 unspecified atom stereocenters. The van der Waals surface area contributed by atoms with Gasteiger partial charge < -0.3 is 14.8 Å². The molecule has 0 radical (unpaired) electrons. The van der Waals surface area contributed by atoms with Gasteiger partial charge in [-0.1, -0.05) is 0 Å². The molecule has 1 N–H and O–H groups in total. The van der Waals surface area contributed by atoms with E-state index in [0.717, 1.165) is 29.9 Å². The molecular weight excluding hydrogens is 322 g/mol. The molecule has 2 heterocycles. The Morgan fingerprint density at radius 1 is 1.46 bits per heavy atom. The third-order valence-corrected chi connectivity index (χ3v) is 4.81. The van der Waals surface area contributed by atoms with Gasteiger partial charge in [0.05, 0.1) is 6.61 Å². The van der Waals surface area contributed by atoms with Crippen LogP contribution in [0.4, 0.5) is 0 Å². The summed E-state index contributed by atoms with van der Waals surface area (Å²) in [6.07, 6.45) is 2.38. The monoisotopic (exact) mass is 345 g/mol. The van der Waals surface area contributed by atoms with Crippen LogP contribution in [0.5, 0.6) is 11.5 Å². The van der Waals surface area contributed by atoms with E-state index in [4.69, 9.17) is 9.47 Å². The average molecular weight is 345 g/mol. The third-order valence-electron chi connectivity index (χ3n) is 4.08. The van der Waals surface area contributed by atoms with E-state index in [2.05, 4.69) is 29.8 Å². The molecular formula is C19H23NO3S. The highest BCUT2D eigenvalue weighted by Crippen LogP contribution is 2.35. The summed E-state index contributed by atoms with van der Waals surface area (Å²) in [6.45, 7) is 5.10. The van der Waals surface area contributed by atoms with Crippen LogP contribution in [-0.2, 0) is 24.2 Å². The lowest BCUT2D eigenvalue weighted by Crippen LogP contribution is -2.23. The minimum absolute atomic E-state index is 0.0541. The second-order valence-electron chi connectivity index (χ2n) is 6.04. The number of nitrogens with one attached hydrogen (secondary N) is 1. The van der Waals surface area contributed by atoms with Gasteiger partial charge in [0, 0.05) is 30.5 Å². The first kappa shape index (κ1) is 16.8. The zero-order chi connectivity index (χ0) is 16.9. The van der Waals surface area contributed by atoms with E-state index in [1.165, 1.54) is 11.1 Å². The summed E-state index contributed by atoms with van der Waals surface area (Å²) < 4.78 is 11.6. The van der Waals surface area contributed by atoms with Crippen molar-refractivity contribution in [1.29, 1.82) is 0 Å². The maximum absolute atomic E-state index is 12.1. The number of hydrogen-bond acceptors (Lipinski definition) is 4. The second-order valence-corrected chi connectivity index (χ2v) is 6.82. The van der Waals surface area contributed by atoms with Crippen LogP contribution in [0.3, 0.4) is 0 Å². The Morgan fingerprint density at radius 2 is 2.33 bits per heavy atom. The average Bonchev–Trinajstić information content (AvgIpc) is 3.19. The van der Waals surface area contributed by atoms with Gasteiger partial charge in [-0.05, 0) is 54.8 Å². The smallest absolute Gasteiger partial charge is 0.220 e. The molecule has 1 aliphatic rings. The first-order valence-corrected chi connectivity index (χ1v) is 9.33. The fourth-order valence-electron chi connectivity index (χ4n) is 2.88. The molecule has 1 aromatic heterocycles. The number of benzene rings is 1. The van der Waals surface area contributed by atoms with Gasteiger partial charge in [0.15, 0.2) is 0 Å². The normalized spacial score (nSPS) is 15.7. The summed E-state index contributed by atoms with van der Waals surface area (Å²) in [7, 11) is 0. The molecule has 4 nitrogen and oxygen atoms in total. The van der Waals surface area contributed by atoms with E-state index in [1.54, 1.807) is 11.3 Å². The molecule has 0 aliphatic carbocycles. The molecule has 1 atom stereocenters. The van der Waals surface area contributed by atoms with Crippen molar-refractivity contribution in [2.75, 3.05) is 6.61 Å². The van der Waals surface area contributed by atoms with Gasteiger partial charge in [0.2, 0.25) is 5.91 Å². The van der Waals surface area contributed by atoms with Crippen molar-refractivity contribution in [3.05, 3.63) is 45.6 Å². The van der Waals surface area contributed by atoms with Crippen LogP contribution in [0, 0.1) is 0 Å². The number of rotatable bonds is 7. The Bertz CT molecular complexity index is 697. The Morgan fingerprint density at radius 3 is 3.08 bits per heavy atom. The zero-order valence-electron chi connectivity index (χ0n) is 14.1. The van der Waals surface area contributed by atoms with E-state index >= 15 is 0 Å². The maximum Gasteiger partial charge on any atom is 0.220 e. The van der Waals surface area contributed by atoms with Gasteiger partial charge in [-0.3, -0.25) is 4.79 Å². The minimum atomic E-state index is 0.0541. The zero-order valence-corrected chi connectivity index (χ0v) is 14.9. The quantitative estimate of drug-likeness (QED) is 0.832. The van der Waals surface area contributed by atoms with Crippen LogP contribution in [0.15, 0.2) is 29.0 Å². The number of hydrogen-bond donors (Lipinski definition) is 1. The number of thiophene rings is 1. The van der Waals surface area contributed by atoms with Crippen molar-refractivity contribution < 1.29 is 14.3 Å². The number of fused-ring (bicyclic) bond motifs is 1. The van der Waals surface area contributed by atoms with Crippen molar-refractivity contribution in [2.45, 2.75) is 45.8 Å². The van der Waals surface area contributed by atoms with Crippen LogP contribution in [0.1, 0.15) is 37.0 Å². The summed E-state index contributed by atoms with van der Waals surface area (Å²) >= 11 is 1.66. The first-order valence-electron chi connectivity index (χ1n) is 8.38. The first-order chi connectivity index (χ1) is 11.7. The topological polar surface area (TPSA) is 47.6 Å². The summed E-state index contributed by atoms with van der Waals surface area (Å²) in [5.41, 5.74) is 3.36. The second kappa shape index (κ2) is 7.71. The van der Waals surface area contributed by atoms with E-state index < -0.39 is 0 Å². The lowest BCUT2D eigenvalue weighted by atomic mass is 10.1. The molecule has 1 aliphatic heterocycles. The third kappa shape index (κ3) is 4.09. The molecule has 1 amide bonds. The van der Waals surface area contributed by atoms with Crippen molar-refractivity contribution in [3.63, 3.8) is 0 Å². The van der Waals surface area contributed by atoms with Crippen LogP contribution in [0.25, 0.3) is 0 Å². The molecule has 5 heteroatoms. The van der Waals surface area contributed by atoms with E-state index in [0.29, 0.717) is 19.6 Å². The SMILES string of the molecule is CCOc1cc2c(cc1CNC(=O)CCc1ccsc1)OC(C)C2. The van der Waals surface area contributed by atoms with Crippen molar-refractivity contribution in [3.8, 4) is 11.5 Å². The highest BCUT2D eigenvalue weighted by molar-refractivity contribution is 7.07. The van der Waals surface area contributed by atoms with Crippen molar-refractivity contribution >= 4 is 17.2 Å². The van der Waals surface area contributed by atoms with Crippen LogP contribution >= 0.6 is 11.3 Å². The predicted octanol–water partition coefficient (Wildman–Crippen LogP) is 3.72. The molecule has 128 valence electrons. The van der Waals surface area contributed by atoms with Gasteiger partial charge >= 0.3 is 0 Å². The lowest BCUT2D eigenvalue weighted by Gasteiger charge is -2.13. The van der Waals surface area contributed by atoms with Gasteiger partial charge in [-0.2, -0.15) is 11.3 Å². The van der Waals surface area contributed by atoms with Crippen LogP contribution in [0.2, 0.25) is 0 Å². The van der Waals surface area contributed by atoms with Crippen molar-refractivity contribution in [2.24, 2.45) is 0 Å². The molecule has 3 rings (SSSR count). The molecule has 0 bridgehead atoms. The van der Waals surface area contributed by atoms with Gasteiger partial charge in [0.1, 0.15) is 17.6 Å². The number of aryl methyl sites for hydroxylation is 1. The van der Waals surface area contributed by atoms with E-state index in [1.807, 2.05) is 18.4 Å². The Kier molecular flexibility index (Phi) is 5.41. The summed E-state index contributed by atoms with van der Waals surface area (Å²) in [4.78, 5) is 12.1. The Labute approximate surface area is 146 Å². The Balaban J connectivity index is 1.61. The molecule has 24 heavy (non-hydrogen) atoms. The van der Waals surface area contributed by atoms with E-state index in [9.17, 15) is 4.79 Å². The van der Waals surface area contributed by atoms with Gasteiger partial charge in [0.25, 0.3) is 0 Å². The van der Waals surface area contributed by atoms with Crippen LogP contribution in [-0.4, -0.2) is 18.6 Å². The fourth-order valence-corrected chi connectivity index (χ4v) is 3.59. The molecule has 0 spiro atoms. The Hall–Kier alpha value is -2.01. The number of ether oxygens (including phenoxy) is 2. The molecule has 1 aromatic carbocycles. The summed E-state index contributed by atoms with van der Waals surface area (Å²) in [5, 5.41) is 7.11. The largest absolute Gasteiger partial charge is 0.494 e. The summed E-state index contributed by atoms with van der Waals surface area (Å²) in [5.74, 6) is 1.80. The highest BCUT2D eigenvalue weighted by Gasteiger charge is 2.22. The van der Waals surface area contributed by atoms with Gasteiger partial charge in [-0.15, -0.1) is 0 Å². The standard InChI is InChI=1S/C19H23NO3S/c1-3-22-17-9-15-8-13(2)23-18(15)10-16(17)11-20-19(21)5-4-14-6-7-24-12-14/h6-7,9-10,12-13H,3-5,8,11H2,1-2H3,(H,20,21). The lowest BCUT2D eigenvalue weighted by molar-refractivity contribution is -0.121. The molecule has 0 saturated heterocycles. The van der Waals surface area contributed by atoms with Crippen LogP contribution < -0.4 is 14.8 Å². The molecule has 2 aromatic rings. The number of carbonyl (C=O) groups excluding carboxylic acids is 1. The maximum atomic E-state index is 12.1.